The van der Waals surface area contributed by atoms with E-state index in [1.54, 1.807) is 69.9 Å². The Hall–Kier alpha value is -11.1. The highest BCUT2D eigenvalue weighted by atomic mass is 16.5. The number of anilines is 3. The minimum absolute atomic E-state index is 0.0659. The van der Waals surface area contributed by atoms with Gasteiger partial charge in [0.15, 0.2) is 34.4 Å². The van der Waals surface area contributed by atoms with E-state index in [1.165, 1.54) is 38.5 Å². The number of carbonyl (C=O) groups excluding carboxylic acids is 3. The fourth-order valence-corrected chi connectivity index (χ4v) is 11.3. The Bertz CT molecular complexity index is 4430. The number of aromatic amines is 3. The van der Waals surface area contributed by atoms with E-state index in [1.807, 2.05) is 36.4 Å². The van der Waals surface area contributed by atoms with Gasteiger partial charge >= 0.3 is 35.1 Å². The molecule has 2 aliphatic rings. The minimum atomic E-state index is -0.369. The summed E-state index contributed by atoms with van der Waals surface area (Å²) in [7, 11) is 4.69. The van der Waals surface area contributed by atoms with Crippen molar-refractivity contribution < 1.29 is 47.5 Å². The topological polar surface area (TPSA) is 427 Å². The molecule has 103 heavy (non-hydrogen) atoms. The molecule has 0 aliphatic carbocycles. The zero-order valence-corrected chi connectivity index (χ0v) is 58.2. The lowest BCUT2D eigenvalue weighted by molar-refractivity contribution is 0.0383. The van der Waals surface area contributed by atoms with Gasteiger partial charge in [-0.25, -0.2) is 14.4 Å². The molecule has 2 saturated heterocycles. The number of piperidine rings is 1. The van der Waals surface area contributed by atoms with Gasteiger partial charge in [0, 0.05) is 83.8 Å². The van der Waals surface area contributed by atoms with Gasteiger partial charge in [-0.05, 0) is 96.6 Å². The number of nitrogens with zero attached hydrogens (tertiary/aromatic N) is 11. The molecule has 0 saturated carbocycles. The maximum absolute atomic E-state index is 12.6. The number of nitrogen functional groups attached to an aromatic ring is 3. The van der Waals surface area contributed by atoms with Crippen LogP contribution in [0.25, 0.3) is 33.5 Å². The standard InChI is InChI=1S/C25H28N6O4.C23H31N7O4.C22H29N7O5/c1-3-16-4-6-17(7-5-16)14-27-23(32)19-10-8-18(9-11-19)15-31-22-20(28-25(31)33)21(26)29-24(30-22)35-13-12-34-2;1-33-13-14-34-22-27-19(24)18-20(28-22)30(23(32)26-18)15-16-5-7-17(8-6-16)21(31)25-9-12-29-10-3-2-4-11-29;1-32-12-13-34-21-26-18(23)17-19(27-21)29(22(31)25-17)14-15-2-4-16(5-3-15)20(30)24-6-7-28-8-10-33-11-9-28/h4-11H,3,12-15H2,1-2H3,(H,27,32)(H,28,33)(H2,26,29,30);5-8H,2-4,9-15H2,1H3,(H,25,31)(H,26,32)(H2,24,27,28);2-5H,6-14H2,1H3,(H,24,30)(H,25,31)(H2,23,26,27). The van der Waals surface area contributed by atoms with Gasteiger partial charge in [-0.3, -0.25) is 33.0 Å². The average Bonchev–Trinajstić information content (AvgIpc) is 1.65. The van der Waals surface area contributed by atoms with Crippen molar-refractivity contribution in [3.63, 3.8) is 0 Å². The molecule has 0 bridgehead atoms. The van der Waals surface area contributed by atoms with E-state index in [-0.39, 0.29) is 110 Å². The molecule has 0 spiro atoms. The van der Waals surface area contributed by atoms with Crippen LogP contribution in [0.5, 0.6) is 18.0 Å². The van der Waals surface area contributed by atoms with Crippen molar-refractivity contribution in [3.05, 3.63) is 173 Å². The number of aromatic nitrogens is 12. The maximum atomic E-state index is 12.6. The van der Waals surface area contributed by atoms with Gasteiger partial charge in [0.1, 0.15) is 36.4 Å². The second-order valence-corrected chi connectivity index (χ2v) is 24.2. The van der Waals surface area contributed by atoms with Crippen LogP contribution in [0.2, 0.25) is 0 Å². The van der Waals surface area contributed by atoms with Gasteiger partial charge < -0.3 is 86.2 Å². The van der Waals surface area contributed by atoms with Gasteiger partial charge in [0.25, 0.3) is 17.7 Å². The Labute approximate surface area is 591 Å². The molecule has 12 rings (SSSR count). The summed E-state index contributed by atoms with van der Waals surface area (Å²) in [4.78, 5) is 113. The van der Waals surface area contributed by atoms with Crippen LogP contribution in [0.1, 0.15) is 85.1 Å². The number of imidazole rings is 3. The third kappa shape index (κ3) is 20.6. The molecule has 2 aliphatic heterocycles. The molecule has 2 fully saturated rings. The number of likely N-dealkylation sites (tertiary alicyclic amines) is 1. The first-order chi connectivity index (χ1) is 50.1. The second kappa shape index (κ2) is 37.0. The number of H-pyrrole nitrogens is 3. The Morgan fingerprint density at radius 3 is 1.12 bits per heavy atom. The number of ether oxygens (including phenoxy) is 7. The molecule has 546 valence electrons. The number of amides is 3. The molecule has 0 radical (unpaired) electrons. The van der Waals surface area contributed by atoms with Crippen LogP contribution in [0.3, 0.4) is 0 Å². The number of nitrogens with one attached hydrogen (secondary N) is 6. The minimum Gasteiger partial charge on any atom is -0.461 e. The average molecular weight is 1420 g/mol. The number of hydrogen-bond donors (Lipinski definition) is 9. The van der Waals surface area contributed by atoms with E-state index >= 15 is 0 Å². The Morgan fingerprint density at radius 2 is 0.767 bits per heavy atom. The van der Waals surface area contributed by atoms with E-state index in [4.69, 9.17) is 50.4 Å². The first kappa shape index (κ1) is 74.6. The number of methoxy groups -OCH3 is 3. The fraction of sp³-hybridized carbons (Fsp3) is 0.400. The molecule has 12 N–H and O–H groups in total. The summed E-state index contributed by atoms with van der Waals surface area (Å²) in [5.41, 5.74) is 25.4. The molecule has 33 heteroatoms. The van der Waals surface area contributed by atoms with Gasteiger partial charge in [-0.15, -0.1) is 0 Å². The number of rotatable bonds is 30. The summed E-state index contributed by atoms with van der Waals surface area (Å²) in [5.74, 6) is -0.0378. The summed E-state index contributed by atoms with van der Waals surface area (Å²) in [5, 5.41) is 8.86. The summed E-state index contributed by atoms with van der Waals surface area (Å²) >= 11 is 0. The summed E-state index contributed by atoms with van der Waals surface area (Å²) in [6, 6.07) is 29.7. The van der Waals surface area contributed by atoms with E-state index in [2.05, 4.69) is 89.7 Å². The highest BCUT2D eigenvalue weighted by Crippen LogP contribution is 2.23. The SMILES string of the molecule is CCc1ccc(CNC(=O)c2ccc(Cn3c(=O)[nH]c4c(N)nc(OCCOC)nc43)cc2)cc1.COCCOc1nc(N)c2[nH]c(=O)n(Cc3ccc(C(=O)NCCN4CCCCC4)cc3)c2n1.COCCOc1nc(N)c2[nH]c(=O)n(Cc3ccc(C(=O)NCCN4CCOCC4)cc3)c2n1. The van der Waals surface area contributed by atoms with E-state index in [0.29, 0.717) is 89.6 Å². The molecule has 0 atom stereocenters. The maximum Gasteiger partial charge on any atom is 0.328 e. The number of nitrogens with two attached hydrogens (primary N) is 3. The molecule has 0 unspecified atom stereocenters. The van der Waals surface area contributed by atoms with Gasteiger partial charge in [-0.2, -0.15) is 29.9 Å². The van der Waals surface area contributed by atoms with Crippen LogP contribution in [0.15, 0.2) is 111 Å². The summed E-state index contributed by atoms with van der Waals surface area (Å²) < 4.78 is 40.9. The van der Waals surface area contributed by atoms with E-state index in [9.17, 15) is 28.8 Å². The molecular weight excluding hydrogens is 1330 g/mol. The molecular formula is C70H88N20O13. The number of carbonyl (C=O) groups is 3. The lowest BCUT2D eigenvalue weighted by Gasteiger charge is -2.26. The van der Waals surface area contributed by atoms with Crippen molar-refractivity contribution in [1.82, 2.24) is 84.3 Å². The molecule has 4 aromatic carbocycles. The van der Waals surface area contributed by atoms with Crippen LogP contribution in [0, 0.1) is 0 Å². The normalized spacial score (nSPS) is 13.2. The van der Waals surface area contributed by atoms with Crippen LogP contribution in [-0.2, 0) is 51.5 Å². The smallest absolute Gasteiger partial charge is 0.328 e. The predicted octanol–water partition coefficient (Wildman–Crippen LogP) is 3.10. The zero-order valence-electron chi connectivity index (χ0n) is 58.2. The predicted molar refractivity (Wildman–Crippen MR) is 386 cm³/mol. The molecule has 6 aromatic heterocycles. The van der Waals surface area contributed by atoms with Crippen molar-refractivity contribution in [2.24, 2.45) is 0 Å². The lowest BCUT2D eigenvalue weighted by atomic mass is 10.1. The number of fused-ring (bicyclic) bond motifs is 3. The Morgan fingerprint density at radius 1 is 0.437 bits per heavy atom. The monoisotopic (exact) mass is 1420 g/mol. The first-order valence-electron chi connectivity index (χ1n) is 33.9. The van der Waals surface area contributed by atoms with E-state index < -0.39 is 0 Å². The highest BCUT2D eigenvalue weighted by Gasteiger charge is 2.21. The first-order valence-corrected chi connectivity index (χ1v) is 33.9. The molecule has 33 nitrogen and oxygen atoms in total. The quantitative estimate of drug-likeness (QED) is 0.0292. The van der Waals surface area contributed by atoms with Crippen molar-refractivity contribution in [2.75, 3.05) is 144 Å². The lowest BCUT2D eigenvalue weighted by Crippen LogP contribution is -2.41. The molecule has 8 heterocycles. The van der Waals surface area contributed by atoms with Crippen LogP contribution < -0.4 is 64.4 Å². The van der Waals surface area contributed by atoms with Gasteiger partial charge in [0.2, 0.25) is 0 Å². The largest absolute Gasteiger partial charge is 0.461 e. The van der Waals surface area contributed by atoms with Crippen LogP contribution in [-0.4, -0.2) is 213 Å². The summed E-state index contributed by atoms with van der Waals surface area (Å²) in [6.45, 7) is 13.5. The third-order valence-electron chi connectivity index (χ3n) is 17.0. The number of morpholine rings is 1. The molecule has 10 aromatic rings. The van der Waals surface area contributed by atoms with Crippen molar-refractivity contribution in [2.45, 2.75) is 58.8 Å². The zero-order chi connectivity index (χ0) is 72.6. The van der Waals surface area contributed by atoms with Crippen molar-refractivity contribution in [1.29, 1.82) is 0 Å². The van der Waals surface area contributed by atoms with Crippen molar-refractivity contribution in [3.8, 4) is 18.0 Å². The van der Waals surface area contributed by atoms with Crippen LogP contribution in [0.4, 0.5) is 17.5 Å². The second-order valence-electron chi connectivity index (χ2n) is 24.2. The number of aryl methyl sites for hydroxylation is 1. The highest BCUT2D eigenvalue weighted by molar-refractivity contribution is 5.95. The third-order valence-corrected chi connectivity index (χ3v) is 17.0. The number of hydrogen-bond acceptors (Lipinski definition) is 24. The fourth-order valence-electron chi connectivity index (χ4n) is 11.3. The van der Waals surface area contributed by atoms with Gasteiger partial charge in [-0.1, -0.05) is 74.0 Å². The number of benzene rings is 4. The van der Waals surface area contributed by atoms with Gasteiger partial charge in [0.05, 0.1) is 52.7 Å². The Balaban J connectivity index is 0.000000166. The van der Waals surface area contributed by atoms with Crippen LogP contribution >= 0.6 is 0 Å². The van der Waals surface area contributed by atoms with E-state index in [0.717, 1.165) is 81.2 Å². The van der Waals surface area contributed by atoms with Crippen molar-refractivity contribution >= 4 is 68.7 Å². The molecule has 3 amide bonds. The summed E-state index contributed by atoms with van der Waals surface area (Å²) in [6.07, 6.45) is 4.74. The Kier molecular flexibility index (Phi) is 26.8.